The van der Waals surface area contributed by atoms with E-state index in [1.807, 2.05) is 11.0 Å². The summed E-state index contributed by atoms with van der Waals surface area (Å²) < 4.78 is 14.1. The lowest BCUT2D eigenvalue weighted by Crippen LogP contribution is -2.33. The van der Waals surface area contributed by atoms with Gasteiger partial charge in [0.05, 0.1) is 22.3 Å². The third-order valence-corrected chi connectivity index (χ3v) is 5.24. The van der Waals surface area contributed by atoms with Crippen LogP contribution in [0.25, 0.3) is 0 Å². The summed E-state index contributed by atoms with van der Waals surface area (Å²) in [5.41, 5.74) is 3.57. The van der Waals surface area contributed by atoms with Crippen molar-refractivity contribution in [2.24, 2.45) is 0 Å². The van der Waals surface area contributed by atoms with Crippen LogP contribution < -0.4 is 20.8 Å². The van der Waals surface area contributed by atoms with E-state index >= 15 is 0 Å². The molecule has 0 atom stereocenters. The van der Waals surface area contributed by atoms with Crippen molar-refractivity contribution in [3.05, 3.63) is 46.3 Å². The van der Waals surface area contributed by atoms with Gasteiger partial charge in [0.2, 0.25) is 11.6 Å². The number of anilines is 2. The quantitative estimate of drug-likeness (QED) is 0.223. The Kier molecular flexibility index (Phi) is 6.41. The predicted molar refractivity (Wildman–Crippen MR) is 109 cm³/mol. The molecule has 0 aromatic heterocycles. The van der Waals surface area contributed by atoms with Gasteiger partial charge in [-0.05, 0) is 12.1 Å². The van der Waals surface area contributed by atoms with Crippen molar-refractivity contribution in [2.45, 2.75) is 0 Å². The number of halogens is 1. The van der Waals surface area contributed by atoms with E-state index in [4.69, 9.17) is 10.4 Å². The molecule has 0 heterocycles. The van der Waals surface area contributed by atoms with E-state index in [1.54, 1.807) is 36.0 Å². The second kappa shape index (κ2) is 8.86. The molecule has 2 aromatic carbocycles. The monoisotopic (exact) mass is 434 g/mol. The average Bonchev–Trinajstić information content (AvgIpc) is 2.75. The topological polar surface area (TPSA) is 146 Å². The van der Waals surface area contributed by atoms with Crippen molar-refractivity contribution in [1.29, 1.82) is 0 Å². The Morgan fingerprint density at radius 2 is 1.29 bits per heavy atom. The molecule has 1 aliphatic carbocycles. The summed E-state index contributed by atoms with van der Waals surface area (Å²) >= 11 is 0. The minimum atomic E-state index is -1.22. The van der Waals surface area contributed by atoms with Crippen molar-refractivity contribution in [2.75, 3.05) is 50.1 Å². The maximum atomic E-state index is 14.1. The Balaban J connectivity index is 2.29. The molecular weight excluding hydrogens is 411 g/mol. The Morgan fingerprint density at radius 3 is 1.74 bits per heavy atom. The summed E-state index contributed by atoms with van der Waals surface area (Å²) in [6, 6.07) is 3.80. The highest BCUT2D eigenvalue weighted by atomic mass is 19.1. The summed E-state index contributed by atoms with van der Waals surface area (Å²) in [6.45, 7) is 0.877. The second-order valence-electron chi connectivity index (χ2n) is 7.15. The standard InChI is InChI=1S/C20H23FN4O6/c1-24(7-5-22-30)11-3-4-12(25(2)8-6-23-31)15-14(11)19(28)16-13(26)9-10(21)18(27)17(16)20(15)29/h3-4,9,22-23,26-27,30-31H,5-8H2,1-2H3. The first-order chi connectivity index (χ1) is 14.7. The smallest absolute Gasteiger partial charge is 0.200 e. The zero-order valence-electron chi connectivity index (χ0n) is 16.9. The number of hydrogen-bond donors (Lipinski definition) is 6. The molecule has 1 aliphatic rings. The molecule has 0 spiro atoms. The minimum absolute atomic E-state index is 0.0134. The number of phenols is 2. The van der Waals surface area contributed by atoms with Crippen molar-refractivity contribution < 1.29 is 34.6 Å². The molecule has 0 saturated heterocycles. The van der Waals surface area contributed by atoms with Gasteiger partial charge in [0, 0.05) is 57.7 Å². The first-order valence-electron chi connectivity index (χ1n) is 9.41. The second-order valence-corrected chi connectivity index (χ2v) is 7.15. The molecule has 0 saturated carbocycles. The summed E-state index contributed by atoms with van der Waals surface area (Å²) in [4.78, 5) is 30.1. The number of carbonyl (C=O) groups excluding carboxylic acids is 2. The van der Waals surface area contributed by atoms with Crippen LogP contribution in [-0.4, -0.2) is 72.5 Å². The molecule has 3 rings (SSSR count). The van der Waals surface area contributed by atoms with Crippen molar-refractivity contribution in [3.63, 3.8) is 0 Å². The molecule has 10 nitrogen and oxygen atoms in total. The average molecular weight is 434 g/mol. The Bertz CT molecular complexity index is 1050. The van der Waals surface area contributed by atoms with Crippen LogP contribution in [0.1, 0.15) is 31.8 Å². The third kappa shape index (κ3) is 3.79. The van der Waals surface area contributed by atoms with Crippen LogP contribution in [-0.2, 0) is 0 Å². The van der Waals surface area contributed by atoms with Crippen molar-refractivity contribution in [1.82, 2.24) is 11.0 Å². The van der Waals surface area contributed by atoms with Crippen LogP contribution >= 0.6 is 0 Å². The van der Waals surface area contributed by atoms with E-state index in [0.29, 0.717) is 17.4 Å². The number of aromatic hydroxyl groups is 2. The third-order valence-electron chi connectivity index (χ3n) is 5.24. The number of fused-ring (bicyclic) bond motifs is 2. The molecule has 0 bridgehead atoms. The highest BCUT2D eigenvalue weighted by Gasteiger charge is 2.40. The Morgan fingerprint density at radius 1 is 0.839 bits per heavy atom. The van der Waals surface area contributed by atoms with Gasteiger partial charge in [-0.1, -0.05) is 0 Å². The van der Waals surface area contributed by atoms with Gasteiger partial charge in [0.15, 0.2) is 11.6 Å². The summed E-state index contributed by atoms with van der Waals surface area (Å²) in [7, 11) is 3.30. The van der Waals surface area contributed by atoms with Gasteiger partial charge in [0.1, 0.15) is 5.75 Å². The van der Waals surface area contributed by atoms with E-state index in [1.165, 1.54) is 0 Å². The zero-order valence-corrected chi connectivity index (χ0v) is 16.9. The lowest BCUT2D eigenvalue weighted by Gasteiger charge is -2.31. The largest absolute Gasteiger partial charge is 0.507 e. The van der Waals surface area contributed by atoms with Crippen LogP contribution in [0.3, 0.4) is 0 Å². The van der Waals surface area contributed by atoms with Gasteiger partial charge in [-0.3, -0.25) is 9.59 Å². The number of nitrogens with one attached hydrogen (secondary N) is 2. The van der Waals surface area contributed by atoms with Crippen molar-refractivity contribution in [3.8, 4) is 11.5 Å². The van der Waals surface area contributed by atoms with Crippen molar-refractivity contribution >= 4 is 22.9 Å². The number of likely N-dealkylation sites (N-methyl/N-ethyl adjacent to an activating group) is 2. The lowest BCUT2D eigenvalue weighted by atomic mass is 9.80. The van der Waals surface area contributed by atoms with Crippen LogP contribution in [0.15, 0.2) is 18.2 Å². The molecule has 11 heteroatoms. The number of hydroxylamine groups is 2. The molecule has 6 N–H and O–H groups in total. The van der Waals surface area contributed by atoms with E-state index in [0.717, 1.165) is 0 Å². The van der Waals surface area contributed by atoms with Gasteiger partial charge in [-0.2, -0.15) is 0 Å². The summed E-state index contributed by atoms with van der Waals surface area (Å²) in [5, 5.41) is 38.2. The first kappa shape index (κ1) is 22.4. The SMILES string of the molecule is CN(CCNO)c1ccc(N(C)CCNO)c2c1C(=O)c1c(O)cc(F)c(O)c1C2=O. The maximum absolute atomic E-state index is 14.1. The molecule has 0 fully saturated rings. The maximum Gasteiger partial charge on any atom is 0.200 e. The van der Waals surface area contributed by atoms with E-state index in [9.17, 15) is 24.2 Å². The zero-order chi connectivity index (χ0) is 22.9. The van der Waals surface area contributed by atoms with Gasteiger partial charge in [0.25, 0.3) is 0 Å². The fourth-order valence-corrected chi connectivity index (χ4v) is 3.68. The Labute approximate surface area is 177 Å². The van der Waals surface area contributed by atoms with Gasteiger partial charge in [-0.25, -0.2) is 15.4 Å². The fourth-order valence-electron chi connectivity index (χ4n) is 3.68. The van der Waals surface area contributed by atoms with Crippen LogP contribution in [0.4, 0.5) is 15.8 Å². The van der Waals surface area contributed by atoms with Crippen LogP contribution in [0.2, 0.25) is 0 Å². The molecule has 31 heavy (non-hydrogen) atoms. The first-order valence-corrected chi connectivity index (χ1v) is 9.41. The number of hydrogen-bond acceptors (Lipinski definition) is 10. The van der Waals surface area contributed by atoms with Gasteiger partial charge in [-0.15, -0.1) is 0 Å². The molecule has 2 aromatic rings. The molecular formula is C20H23FN4O6. The minimum Gasteiger partial charge on any atom is -0.507 e. The normalized spacial score (nSPS) is 12.5. The highest BCUT2D eigenvalue weighted by molar-refractivity contribution is 6.33. The van der Waals surface area contributed by atoms with E-state index < -0.39 is 40.0 Å². The van der Waals surface area contributed by atoms with Crippen LogP contribution in [0, 0.1) is 5.82 Å². The number of rotatable bonds is 8. The molecule has 0 aliphatic heterocycles. The number of benzene rings is 2. The highest BCUT2D eigenvalue weighted by Crippen LogP contribution is 2.44. The number of phenolic OH excluding ortho intramolecular Hbond substituents is 2. The molecule has 0 unspecified atom stereocenters. The number of ketones is 2. The van der Waals surface area contributed by atoms with E-state index in [-0.39, 0.29) is 37.3 Å². The number of carbonyl (C=O) groups is 2. The lowest BCUT2D eigenvalue weighted by molar-refractivity contribution is 0.0974. The molecule has 0 amide bonds. The van der Waals surface area contributed by atoms with Gasteiger partial charge < -0.3 is 30.4 Å². The molecule has 166 valence electrons. The molecule has 0 radical (unpaired) electrons. The summed E-state index contributed by atoms with van der Waals surface area (Å²) in [6.07, 6.45) is 0. The fraction of sp³-hybridized carbons (Fsp3) is 0.300. The number of nitrogens with zero attached hydrogens (tertiary/aromatic N) is 2. The Hall–Kier alpha value is -3.25. The van der Waals surface area contributed by atoms with Crippen LogP contribution in [0.5, 0.6) is 11.5 Å². The summed E-state index contributed by atoms with van der Waals surface area (Å²) in [5.74, 6) is -4.53. The van der Waals surface area contributed by atoms with Gasteiger partial charge >= 0.3 is 0 Å². The van der Waals surface area contributed by atoms with E-state index in [2.05, 4.69) is 0 Å². The predicted octanol–water partition coefficient (Wildman–Crippen LogP) is 0.842.